The fraction of sp³-hybridized carbons (Fsp3) is 0.636. The van der Waals surface area contributed by atoms with E-state index in [0.29, 0.717) is 19.6 Å². The number of aromatic nitrogens is 1. The number of rotatable bonds is 2. The van der Waals surface area contributed by atoms with Crippen LogP contribution in [-0.4, -0.2) is 58.1 Å². The number of carbonyl (C=O) groups is 1. The predicted octanol–water partition coefficient (Wildman–Crippen LogP) is 0.168. The van der Waals surface area contributed by atoms with Gasteiger partial charge in [0.2, 0.25) is 5.91 Å². The second-order valence-corrected chi connectivity index (χ2v) is 5.05. The van der Waals surface area contributed by atoms with Crippen LogP contribution in [0.1, 0.15) is 12.6 Å². The summed E-state index contributed by atoms with van der Waals surface area (Å²) in [4.78, 5) is 19.4. The maximum atomic E-state index is 11.3. The monoisotopic (exact) mass is 255 g/mol. The molecule has 17 heavy (non-hydrogen) atoms. The van der Waals surface area contributed by atoms with E-state index in [4.69, 9.17) is 0 Å². The molecule has 0 unspecified atom stereocenters. The summed E-state index contributed by atoms with van der Waals surface area (Å²) in [7, 11) is 0. The summed E-state index contributed by atoms with van der Waals surface area (Å²) in [5.41, 5.74) is 2.84. The quantitative estimate of drug-likeness (QED) is 0.818. The minimum absolute atomic E-state index is 0.0274. The van der Waals surface area contributed by atoms with Gasteiger partial charge in [0.15, 0.2) is 0 Å². The molecule has 1 atom stereocenters. The van der Waals surface area contributed by atoms with E-state index in [0.717, 1.165) is 18.8 Å². The molecule has 0 aromatic carbocycles. The Kier molecular flexibility index (Phi) is 4.09. The van der Waals surface area contributed by atoms with Crippen LogP contribution < -0.4 is 0 Å². The van der Waals surface area contributed by atoms with E-state index < -0.39 is 6.10 Å². The predicted molar refractivity (Wildman–Crippen MR) is 65.7 cm³/mol. The molecule has 6 heteroatoms. The van der Waals surface area contributed by atoms with Crippen LogP contribution in [0.3, 0.4) is 0 Å². The molecular formula is C11H17N3O2S. The Morgan fingerprint density at radius 1 is 1.59 bits per heavy atom. The highest BCUT2D eigenvalue weighted by atomic mass is 32.1. The van der Waals surface area contributed by atoms with Crippen molar-refractivity contribution in [3.05, 3.63) is 16.6 Å². The van der Waals surface area contributed by atoms with E-state index in [2.05, 4.69) is 9.88 Å². The number of β-amino-alcohol motifs (C(OH)–C–C–N with tert-alkyl or cyclic N) is 1. The highest BCUT2D eigenvalue weighted by Gasteiger charge is 2.22. The van der Waals surface area contributed by atoms with Crippen molar-refractivity contribution in [1.82, 2.24) is 14.8 Å². The highest BCUT2D eigenvalue weighted by molar-refractivity contribution is 7.07. The summed E-state index contributed by atoms with van der Waals surface area (Å²) in [6.45, 7) is 4.78. The Morgan fingerprint density at radius 2 is 2.41 bits per heavy atom. The average Bonchev–Trinajstić information content (AvgIpc) is 2.68. The van der Waals surface area contributed by atoms with Crippen molar-refractivity contribution in [1.29, 1.82) is 0 Å². The minimum atomic E-state index is -0.472. The molecular weight excluding hydrogens is 238 g/mol. The number of hydrogen-bond acceptors (Lipinski definition) is 5. The van der Waals surface area contributed by atoms with Gasteiger partial charge in [-0.25, -0.2) is 4.98 Å². The zero-order chi connectivity index (χ0) is 12.3. The van der Waals surface area contributed by atoms with Crippen LogP contribution in [0.5, 0.6) is 0 Å². The molecule has 0 aliphatic carbocycles. The van der Waals surface area contributed by atoms with Gasteiger partial charge in [-0.3, -0.25) is 9.69 Å². The van der Waals surface area contributed by atoms with Gasteiger partial charge in [-0.2, -0.15) is 0 Å². The Bertz CT molecular complexity index is 369. The maximum Gasteiger partial charge on any atom is 0.219 e. The standard InChI is InChI=1S/C11H17N3O2S/c1-9(15)14-3-2-13(5-11(16)6-14)4-10-7-17-8-12-10/h7-8,11,16H,2-6H2,1H3/t11-/m1/s1. The first-order valence-corrected chi connectivity index (χ1v) is 6.62. The average molecular weight is 255 g/mol. The van der Waals surface area contributed by atoms with Gasteiger partial charge in [0.25, 0.3) is 0 Å². The third kappa shape index (κ3) is 3.49. The van der Waals surface area contributed by atoms with Crippen LogP contribution in [0.4, 0.5) is 0 Å². The number of thiazole rings is 1. The molecule has 2 heterocycles. The van der Waals surface area contributed by atoms with Crippen molar-refractivity contribution in [3.63, 3.8) is 0 Å². The Labute approximate surface area is 105 Å². The lowest BCUT2D eigenvalue weighted by Gasteiger charge is -2.19. The van der Waals surface area contributed by atoms with E-state index in [1.165, 1.54) is 0 Å². The lowest BCUT2D eigenvalue weighted by Crippen LogP contribution is -2.36. The summed E-state index contributed by atoms with van der Waals surface area (Å²) < 4.78 is 0. The van der Waals surface area contributed by atoms with Gasteiger partial charge < -0.3 is 10.0 Å². The van der Waals surface area contributed by atoms with Gasteiger partial charge in [0, 0.05) is 45.0 Å². The van der Waals surface area contributed by atoms with Crippen molar-refractivity contribution in [3.8, 4) is 0 Å². The molecule has 0 bridgehead atoms. The summed E-state index contributed by atoms with van der Waals surface area (Å²) in [6.07, 6.45) is -0.472. The summed E-state index contributed by atoms with van der Waals surface area (Å²) >= 11 is 1.57. The van der Waals surface area contributed by atoms with Crippen molar-refractivity contribution >= 4 is 17.2 Å². The molecule has 1 fully saturated rings. The number of nitrogens with zero attached hydrogens (tertiary/aromatic N) is 3. The largest absolute Gasteiger partial charge is 0.390 e. The lowest BCUT2D eigenvalue weighted by molar-refractivity contribution is -0.129. The number of aliphatic hydroxyl groups excluding tert-OH is 1. The first-order valence-electron chi connectivity index (χ1n) is 5.68. The Morgan fingerprint density at radius 3 is 3.06 bits per heavy atom. The molecule has 1 N–H and O–H groups in total. The SMILES string of the molecule is CC(=O)N1CCN(Cc2cscn2)C[C@@H](O)C1. The van der Waals surface area contributed by atoms with Crippen LogP contribution in [0.2, 0.25) is 0 Å². The molecule has 2 rings (SSSR count). The van der Waals surface area contributed by atoms with E-state index in [9.17, 15) is 9.90 Å². The maximum absolute atomic E-state index is 11.3. The van der Waals surface area contributed by atoms with Gasteiger partial charge in [-0.1, -0.05) is 0 Å². The Hall–Kier alpha value is -0.980. The van der Waals surface area contributed by atoms with Gasteiger partial charge in [0.05, 0.1) is 17.3 Å². The molecule has 1 amide bonds. The van der Waals surface area contributed by atoms with Crippen molar-refractivity contribution in [2.45, 2.75) is 19.6 Å². The van der Waals surface area contributed by atoms with Gasteiger partial charge >= 0.3 is 0 Å². The molecule has 1 saturated heterocycles. The van der Waals surface area contributed by atoms with Crippen LogP contribution in [-0.2, 0) is 11.3 Å². The molecule has 5 nitrogen and oxygen atoms in total. The molecule has 1 aromatic heterocycles. The number of hydrogen-bond donors (Lipinski definition) is 1. The zero-order valence-electron chi connectivity index (χ0n) is 9.87. The molecule has 0 saturated carbocycles. The van der Waals surface area contributed by atoms with Crippen LogP contribution in [0, 0.1) is 0 Å². The summed E-state index contributed by atoms with van der Waals surface area (Å²) in [5, 5.41) is 11.9. The molecule has 0 spiro atoms. The second kappa shape index (κ2) is 5.57. The van der Waals surface area contributed by atoms with Gasteiger partial charge in [0.1, 0.15) is 0 Å². The third-order valence-electron chi connectivity index (χ3n) is 2.90. The van der Waals surface area contributed by atoms with E-state index >= 15 is 0 Å². The van der Waals surface area contributed by atoms with Gasteiger partial charge in [-0.15, -0.1) is 11.3 Å². The first-order chi connectivity index (χ1) is 8.15. The minimum Gasteiger partial charge on any atom is -0.390 e. The normalized spacial score (nSPS) is 22.5. The highest BCUT2D eigenvalue weighted by Crippen LogP contribution is 2.09. The van der Waals surface area contributed by atoms with E-state index in [1.807, 2.05) is 10.9 Å². The molecule has 0 radical (unpaired) electrons. The van der Waals surface area contributed by atoms with Crippen molar-refractivity contribution < 1.29 is 9.90 Å². The first kappa shape index (κ1) is 12.5. The number of aliphatic hydroxyl groups is 1. The fourth-order valence-electron chi connectivity index (χ4n) is 2.03. The third-order valence-corrected chi connectivity index (χ3v) is 3.54. The second-order valence-electron chi connectivity index (χ2n) is 4.33. The summed E-state index contributed by atoms with van der Waals surface area (Å²) in [5.74, 6) is 0.0274. The topological polar surface area (TPSA) is 56.7 Å². The smallest absolute Gasteiger partial charge is 0.219 e. The van der Waals surface area contributed by atoms with Crippen LogP contribution in [0.15, 0.2) is 10.9 Å². The van der Waals surface area contributed by atoms with Crippen molar-refractivity contribution in [2.24, 2.45) is 0 Å². The Balaban J connectivity index is 1.94. The molecule has 1 aliphatic rings. The van der Waals surface area contributed by atoms with Crippen molar-refractivity contribution in [2.75, 3.05) is 26.2 Å². The summed E-state index contributed by atoms with van der Waals surface area (Å²) in [6, 6.07) is 0. The molecule has 94 valence electrons. The van der Waals surface area contributed by atoms with Crippen LogP contribution in [0.25, 0.3) is 0 Å². The molecule has 1 aromatic rings. The van der Waals surface area contributed by atoms with E-state index in [-0.39, 0.29) is 5.91 Å². The number of carbonyl (C=O) groups excluding carboxylic acids is 1. The van der Waals surface area contributed by atoms with Gasteiger partial charge in [-0.05, 0) is 0 Å². The fourth-order valence-corrected chi connectivity index (χ4v) is 2.58. The number of amides is 1. The van der Waals surface area contributed by atoms with Crippen LogP contribution >= 0.6 is 11.3 Å². The lowest BCUT2D eigenvalue weighted by atomic mass is 10.3. The van der Waals surface area contributed by atoms with E-state index in [1.54, 1.807) is 23.2 Å². The zero-order valence-corrected chi connectivity index (χ0v) is 10.7. The molecule has 1 aliphatic heterocycles.